The first-order valence-corrected chi connectivity index (χ1v) is 4.81. The van der Waals surface area contributed by atoms with Gasteiger partial charge in [-0.05, 0) is 12.8 Å². The normalized spacial score (nSPS) is 32.0. The Bertz CT molecular complexity index is 128. The zero-order valence-electron chi connectivity index (χ0n) is 8.08. The highest BCUT2D eigenvalue weighted by Crippen LogP contribution is 2.17. The lowest BCUT2D eigenvalue weighted by Gasteiger charge is -2.25. The molecule has 0 spiro atoms. The Hall–Kier alpha value is -0.120. The van der Waals surface area contributed by atoms with E-state index in [1.165, 1.54) is 19.3 Å². The molecule has 2 unspecified atom stereocenters. The van der Waals surface area contributed by atoms with Gasteiger partial charge in [-0.15, -0.1) is 0 Å². The average Bonchev–Trinajstić information content (AvgIpc) is 2.16. The molecule has 3 nitrogen and oxygen atoms in total. The van der Waals surface area contributed by atoms with E-state index in [0.717, 1.165) is 12.8 Å². The van der Waals surface area contributed by atoms with Crippen LogP contribution in [0.3, 0.4) is 0 Å². The van der Waals surface area contributed by atoms with Crippen LogP contribution in [0.15, 0.2) is 0 Å². The van der Waals surface area contributed by atoms with Gasteiger partial charge < -0.3 is 5.11 Å². The molecule has 3 heteroatoms. The van der Waals surface area contributed by atoms with Gasteiger partial charge in [0.15, 0.2) is 0 Å². The molecule has 12 heavy (non-hydrogen) atoms. The van der Waals surface area contributed by atoms with E-state index in [4.69, 9.17) is 0 Å². The zero-order chi connectivity index (χ0) is 8.97. The molecular formula is C9H20N2O. The largest absolute Gasteiger partial charge is 0.391 e. The first-order valence-electron chi connectivity index (χ1n) is 4.81. The fraction of sp³-hybridized carbons (Fsp3) is 1.00. The molecule has 0 aliphatic heterocycles. The van der Waals surface area contributed by atoms with Gasteiger partial charge in [-0.2, -0.15) is 0 Å². The van der Waals surface area contributed by atoms with Crippen molar-refractivity contribution < 1.29 is 5.11 Å². The van der Waals surface area contributed by atoms with Gasteiger partial charge in [0.25, 0.3) is 0 Å². The monoisotopic (exact) mass is 172 g/mol. The van der Waals surface area contributed by atoms with E-state index < -0.39 is 0 Å². The van der Waals surface area contributed by atoms with Crippen molar-refractivity contribution in [1.82, 2.24) is 10.4 Å². The number of rotatable bonds is 2. The van der Waals surface area contributed by atoms with Crippen LogP contribution < -0.4 is 5.43 Å². The second kappa shape index (κ2) is 4.80. The maximum absolute atomic E-state index is 9.71. The molecule has 1 rings (SSSR count). The Labute approximate surface area is 74.7 Å². The third-order valence-electron chi connectivity index (χ3n) is 2.40. The Morgan fingerprint density at radius 3 is 2.50 bits per heavy atom. The molecule has 1 aliphatic carbocycles. The maximum Gasteiger partial charge on any atom is 0.0706 e. The number of aliphatic hydroxyl groups is 1. The molecule has 0 amide bonds. The van der Waals surface area contributed by atoms with E-state index in [1.54, 1.807) is 0 Å². The quantitative estimate of drug-likeness (QED) is 0.476. The van der Waals surface area contributed by atoms with Gasteiger partial charge in [-0.25, -0.2) is 0 Å². The van der Waals surface area contributed by atoms with Crippen LogP contribution >= 0.6 is 0 Å². The second-order valence-electron chi connectivity index (χ2n) is 3.84. The molecule has 2 atom stereocenters. The van der Waals surface area contributed by atoms with Crippen LogP contribution in [-0.2, 0) is 0 Å². The number of aliphatic hydroxyl groups excluding tert-OH is 1. The van der Waals surface area contributed by atoms with Crippen LogP contribution in [0.2, 0.25) is 0 Å². The number of hydrazine groups is 1. The van der Waals surface area contributed by atoms with Crippen LogP contribution in [0.4, 0.5) is 0 Å². The lowest BCUT2D eigenvalue weighted by atomic mass is 10.1. The highest BCUT2D eigenvalue weighted by atomic mass is 16.3. The molecule has 0 bridgehead atoms. The lowest BCUT2D eigenvalue weighted by Crippen LogP contribution is -2.46. The Balaban J connectivity index is 2.36. The van der Waals surface area contributed by atoms with Crippen molar-refractivity contribution in [2.45, 2.75) is 44.2 Å². The summed E-state index contributed by atoms with van der Waals surface area (Å²) in [5, 5.41) is 11.6. The molecular weight excluding hydrogens is 152 g/mol. The van der Waals surface area contributed by atoms with Gasteiger partial charge in [0.2, 0.25) is 0 Å². The van der Waals surface area contributed by atoms with E-state index in [-0.39, 0.29) is 12.1 Å². The molecule has 0 aromatic carbocycles. The predicted octanol–water partition coefficient (Wildman–Crippen LogP) is 0.746. The number of nitrogens with zero attached hydrogens (tertiary/aromatic N) is 1. The minimum atomic E-state index is -0.158. The molecule has 0 heterocycles. The Morgan fingerprint density at radius 2 is 1.83 bits per heavy atom. The molecule has 1 saturated carbocycles. The molecule has 1 fully saturated rings. The standard InChI is InChI=1S/C9H20N2O/c1-11(2)10-8-6-4-3-5-7-9(8)12/h8-10,12H,3-7H2,1-2H3. The zero-order valence-corrected chi connectivity index (χ0v) is 8.08. The van der Waals surface area contributed by atoms with Crippen molar-refractivity contribution in [3.63, 3.8) is 0 Å². The summed E-state index contributed by atoms with van der Waals surface area (Å²) in [6.07, 6.45) is 5.57. The first kappa shape index (κ1) is 9.96. The number of nitrogens with one attached hydrogen (secondary N) is 1. The van der Waals surface area contributed by atoms with Crippen LogP contribution in [0.25, 0.3) is 0 Å². The first-order chi connectivity index (χ1) is 5.70. The van der Waals surface area contributed by atoms with Crippen molar-refractivity contribution in [2.75, 3.05) is 14.1 Å². The van der Waals surface area contributed by atoms with Gasteiger partial charge in [0.1, 0.15) is 0 Å². The summed E-state index contributed by atoms with van der Waals surface area (Å²) in [6, 6.07) is 0.266. The predicted molar refractivity (Wildman–Crippen MR) is 49.7 cm³/mol. The van der Waals surface area contributed by atoms with E-state index >= 15 is 0 Å². The average molecular weight is 172 g/mol. The van der Waals surface area contributed by atoms with Crippen molar-refractivity contribution in [2.24, 2.45) is 0 Å². The van der Waals surface area contributed by atoms with Gasteiger partial charge in [0.05, 0.1) is 6.10 Å². The molecule has 0 saturated heterocycles. The molecule has 0 aromatic heterocycles. The van der Waals surface area contributed by atoms with E-state index in [0.29, 0.717) is 0 Å². The second-order valence-corrected chi connectivity index (χ2v) is 3.84. The van der Waals surface area contributed by atoms with E-state index in [2.05, 4.69) is 5.43 Å². The van der Waals surface area contributed by atoms with Crippen molar-refractivity contribution in [3.8, 4) is 0 Å². The minimum absolute atomic E-state index is 0.158. The summed E-state index contributed by atoms with van der Waals surface area (Å²) in [7, 11) is 3.94. The molecule has 0 aromatic rings. The van der Waals surface area contributed by atoms with E-state index in [9.17, 15) is 5.11 Å². The summed E-state index contributed by atoms with van der Waals surface area (Å²) in [4.78, 5) is 0. The third-order valence-corrected chi connectivity index (χ3v) is 2.40. The summed E-state index contributed by atoms with van der Waals surface area (Å²) < 4.78 is 0. The third kappa shape index (κ3) is 3.09. The highest BCUT2D eigenvalue weighted by Gasteiger charge is 2.21. The SMILES string of the molecule is CN(C)NC1CCCCCC1O. The summed E-state index contributed by atoms with van der Waals surface area (Å²) in [6.45, 7) is 0. The van der Waals surface area contributed by atoms with Crippen molar-refractivity contribution >= 4 is 0 Å². The van der Waals surface area contributed by atoms with Gasteiger partial charge in [-0.3, -0.25) is 10.4 Å². The highest BCUT2D eigenvalue weighted by molar-refractivity contribution is 4.77. The van der Waals surface area contributed by atoms with Crippen molar-refractivity contribution in [3.05, 3.63) is 0 Å². The van der Waals surface area contributed by atoms with Gasteiger partial charge in [0, 0.05) is 20.1 Å². The number of hydrogen-bond donors (Lipinski definition) is 2. The van der Waals surface area contributed by atoms with Gasteiger partial charge >= 0.3 is 0 Å². The topological polar surface area (TPSA) is 35.5 Å². The molecule has 2 N–H and O–H groups in total. The van der Waals surface area contributed by atoms with Crippen molar-refractivity contribution in [1.29, 1.82) is 0 Å². The Kier molecular flexibility index (Phi) is 3.98. The smallest absolute Gasteiger partial charge is 0.0706 e. The van der Waals surface area contributed by atoms with Gasteiger partial charge in [-0.1, -0.05) is 19.3 Å². The molecule has 1 aliphatic rings. The Morgan fingerprint density at radius 1 is 1.17 bits per heavy atom. The minimum Gasteiger partial charge on any atom is -0.391 e. The molecule has 72 valence electrons. The van der Waals surface area contributed by atoms with Crippen LogP contribution in [0.1, 0.15) is 32.1 Å². The maximum atomic E-state index is 9.71. The summed E-state index contributed by atoms with van der Waals surface area (Å²) >= 11 is 0. The summed E-state index contributed by atoms with van der Waals surface area (Å²) in [5.74, 6) is 0. The van der Waals surface area contributed by atoms with Crippen LogP contribution in [-0.4, -0.2) is 36.4 Å². The fourth-order valence-corrected chi connectivity index (χ4v) is 1.77. The lowest BCUT2D eigenvalue weighted by molar-refractivity contribution is 0.0821. The fourth-order valence-electron chi connectivity index (χ4n) is 1.77. The molecule has 0 radical (unpaired) electrons. The number of hydrogen-bond acceptors (Lipinski definition) is 3. The van der Waals surface area contributed by atoms with E-state index in [1.807, 2.05) is 19.1 Å². The van der Waals surface area contributed by atoms with Crippen LogP contribution in [0.5, 0.6) is 0 Å². The van der Waals surface area contributed by atoms with Crippen LogP contribution in [0, 0.1) is 0 Å². The summed E-state index contributed by atoms with van der Waals surface area (Å²) in [5.41, 5.74) is 3.25.